The van der Waals surface area contributed by atoms with Crippen molar-refractivity contribution in [2.75, 3.05) is 19.6 Å². The Bertz CT molecular complexity index is 219. The second-order valence-electron chi connectivity index (χ2n) is 3.32. The number of likely N-dealkylation sites (N-methyl/N-ethyl adjacent to an activating group) is 2. The first-order chi connectivity index (χ1) is 7.06. The van der Waals surface area contributed by atoms with Crippen LogP contribution in [0.15, 0.2) is 0 Å². The van der Waals surface area contributed by atoms with Crippen molar-refractivity contribution in [2.24, 2.45) is 5.73 Å². The lowest BCUT2D eigenvalue weighted by Gasteiger charge is -2.23. The number of rotatable bonds is 6. The summed E-state index contributed by atoms with van der Waals surface area (Å²) in [7, 11) is 0. The van der Waals surface area contributed by atoms with Gasteiger partial charge in [0.25, 0.3) is 0 Å². The third-order valence-electron chi connectivity index (χ3n) is 2.16. The Kier molecular flexibility index (Phi) is 6.70. The van der Waals surface area contributed by atoms with E-state index in [0.717, 1.165) is 0 Å². The molecule has 0 unspecified atom stereocenters. The molecule has 1 atom stereocenters. The number of hydrogen-bond acceptors (Lipinski definition) is 3. The minimum Gasteiger partial charge on any atom is -0.355 e. The minimum absolute atomic E-state index is 0.0941. The molecule has 0 aromatic rings. The van der Waals surface area contributed by atoms with Crippen molar-refractivity contribution >= 4 is 11.8 Å². The Labute approximate surface area is 91.0 Å². The highest BCUT2D eigenvalue weighted by atomic mass is 16.2. The first-order valence-corrected chi connectivity index (χ1v) is 5.37. The van der Waals surface area contributed by atoms with E-state index >= 15 is 0 Å². The molecule has 0 fully saturated rings. The molecule has 0 aromatic heterocycles. The van der Waals surface area contributed by atoms with Gasteiger partial charge in [0.05, 0.1) is 12.6 Å². The Morgan fingerprint density at radius 3 is 2.33 bits per heavy atom. The van der Waals surface area contributed by atoms with Gasteiger partial charge in [0.2, 0.25) is 11.8 Å². The van der Waals surface area contributed by atoms with E-state index < -0.39 is 6.04 Å². The molecule has 0 aliphatic rings. The highest BCUT2D eigenvalue weighted by Gasteiger charge is 2.19. The fourth-order valence-electron chi connectivity index (χ4n) is 1.18. The molecule has 0 heterocycles. The van der Waals surface area contributed by atoms with Gasteiger partial charge in [-0.1, -0.05) is 6.92 Å². The summed E-state index contributed by atoms with van der Waals surface area (Å²) in [5.74, 6) is -0.303. The zero-order valence-corrected chi connectivity index (χ0v) is 9.75. The summed E-state index contributed by atoms with van der Waals surface area (Å²) in [5, 5.41) is 2.65. The lowest BCUT2D eigenvalue weighted by atomic mass is 10.2. The van der Waals surface area contributed by atoms with Crippen LogP contribution in [-0.2, 0) is 9.59 Å². The van der Waals surface area contributed by atoms with Crippen LogP contribution in [0.3, 0.4) is 0 Å². The van der Waals surface area contributed by atoms with Crippen molar-refractivity contribution in [1.29, 1.82) is 0 Å². The van der Waals surface area contributed by atoms with Gasteiger partial charge in [0, 0.05) is 13.1 Å². The van der Waals surface area contributed by atoms with E-state index in [9.17, 15) is 9.59 Å². The molecular formula is C10H21N3O2. The predicted octanol–water partition coefficient (Wildman–Crippen LogP) is -0.292. The second-order valence-corrected chi connectivity index (χ2v) is 3.32. The zero-order chi connectivity index (χ0) is 11.8. The normalized spacial score (nSPS) is 12.0. The number of nitrogens with zero attached hydrogens (tertiary/aromatic N) is 1. The molecule has 5 heteroatoms. The molecule has 0 saturated heterocycles. The Morgan fingerprint density at radius 2 is 1.93 bits per heavy atom. The molecule has 3 N–H and O–H groups in total. The number of nitrogens with two attached hydrogens (primary N) is 1. The fourth-order valence-corrected chi connectivity index (χ4v) is 1.18. The number of carbonyl (C=O) groups is 2. The lowest BCUT2D eigenvalue weighted by Crippen LogP contribution is -2.47. The van der Waals surface area contributed by atoms with Crippen molar-refractivity contribution in [2.45, 2.75) is 33.2 Å². The van der Waals surface area contributed by atoms with E-state index in [0.29, 0.717) is 19.5 Å². The number of carbonyl (C=O) groups excluding carboxylic acids is 2. The summed E-state index contributed by atoms with van der Waals surface area (Å²) < 4.78 is 0. The fraction of sp³-hybridized carbons (Fsp3) is 0.800. The summed E-state index contributed by atoms with van der Waals surface area (Å²) in [5.41, 5.74) is 5.62. The highest BCUT2D eigenvalue weighted by Crippen LogP contribution is 1.96. The van der Waals surface area contributed by atoms with Crippen LogP contribution < -0.4 is 11.1 Å². The summed E-state index contributed by atoms with van der Waals surface area (Å²) in [6.45, 7) is 6.70. The minimum atomic E-state index is -0.501. The maximum atomic E-state index is 11.7. The van der Waals surface area contributed by atoms with Crippen LogP contribution in [0.2, 0.25) is 0 Å². The summed E-state index contributed by atoms with van der Waals surface area (Å²) in [6, 6.07) is -0.501. The molecule has 88 valence electrons. The predicted molar refractivity (Wildman–Crippen MR) is 59.2 cm³/mol. The van der Waals surface area contributed by atoms with Crippen LogP contribution in [0.25, 0.3) is 0 Å². The zero-order valence-electron chi connectivity index (χ0n) is 9.75. The Morgan fingerprint density at radius 1 is 1.33 bits per heavy atom. The van der Waals surface area contributed by atoms with E-state index in [-0.39, 0.29) is 18.4 Å². The maximum absolute atomic E-state index is 11.7. The van der Waals surface area contributed by atoms with Gasteiger partial charge in [-0.2, -0.15) is 0 Å². The van der Waals surface area contributed by atoms with Crippen molar-refractivity contribution in [3.8, 4) is 0 Å². The summed E-state index contributed by atoms with van der Waals surface area (Å²) >= 11 is 0. The van der Waals surface area contributed by atoms with Gasteiger partial charge in [-0.3, -0.25) is 9.59 Å². The van der Waals surface area contributed by atoms with Crippen LogP contribution in [0.4, 0.5) is 0 Å². The first-order valence-electron chi connectivity index (χ1n) is 5.37. The van der Waals surface area contributed by atoms with E-state index in [2.05, 4.69) is 5.32 Å². The van der Waals surface area contributed by atoms with Gasteiger partial charge >= 0.3 is 0 Å². The third-order valence-corrected chi connectivity index (χ3v) is 2.16. The Hall–Kier alpha value is -1.10. The number of amides is 2. The molecule has 5 nitrogen and oxygen atoms in total. The molecule has 0 bridgehead atoms. The molecule has 0 spiro atoms. The highest BCUT2D eigenvalue weighted by molar-refractivity contribution is 5.87. The molecule has 0 aliphatic carbocycles. The van der Waals surface area contributed by atoms with Crippen LogP contribution >= 0.6 is 0 Å². The topological polar surface area (TPSA) is 75.4 Å². The van der Waals surface area contributed by atoms with Crippen LogP contribution in [0, 0.1) is 0 Å². The van der Waals surface area contributed by atoms with E-state index in [1.165, 1.54) is 4.90 Å². The summed E-state index contributed by atoms with van der Waals surface area (Å²) in [4.78, 5) is 24.4. The van der Waals surface area contributed by atoms with E-state index in [1.807, 2.05) is 20.8 Å². The lowest BCUT2D eigenvalue weighted by molar-refractivity contribution is -0.136. The first kappa shape index (κ1) is 13.9. The Balaban J connectivity index is 4.24. The second kappa shape index (κ2) is 7.23. The van der Waals surface area contributed by atoms with E-state index in [4.69, 9.17) is 5.73 Å². The number of hydrogen-bond donors (Lipinski definition) is 2. The molecule has 2 amide bonds. The standard InChI is InChI=1S/C10H21N3O2/c1-4-8(11)10(15)13(6-3)7-9(14)12-5-2/h8H,4-7,11H2,1-3H3,(H,12,14)/t8-/m1/s1. The summed E-state index contributed by atoms with van der Waals surface area (Å²) in [6.07, 6.45) is 0.588. The molecule has 0 saturated carbocycles. The monoisotopic (exact) mass is 215 g/mol. The number of nitrogens with one attached hydrogen (secondary N) is 1. The smallest absolute Gasteiger partial charge is 0.239 e. The van der Waals surface area contributed by atoms with Gasteiger partial charge in [-0.15, -0.1) is 0 Å². The third kappa shape index (κ3) is 4.78. The van der Waals surface area contributed by atoms with Gasteiger partial charge in [-0.25, -0.2) is 0 Å². The van der Waals surface area contributed by atoms with Gasteiger partial charge in [0.1, 0.15) is 0 Å². The molecular weight excluding hydrogens is 194 g/mol. The van der Waals surface area contributed by atoms with Gasteiger partial charge in [-0.05, 0) is 20.3 Å². The van der Waals surface area contributed by atoms with Crippen LogP contribution in [-0.4, -0.2) is 42.4 Å². The van der Waals surface area contributed by atoms with Gasteiger partial charge in [0.15, 0.2) is 0 Å². The molecule has 0 rings (SSSR count). The average Bonchev–Trinajstić information content (AvgIpc) is 2.24. The molecule has 0 aromatic carbocycles. The van der Waals surface area contributed by atoms with Crippen LogP contribution in [0.1, 0.15) is 27.2 Å². The largest absolute Gasteiger partial charge is 0.355 e. The van der Waals surface area contributed by atoms with Crippen molar-refractivity contribution in [3.05, 3.63) is 0 Å². The van der Waals surface area contributed by atoms with Crippen molar-refractivity contribution in [3.63, 3.8) is 0 Å². The SMILES string of the molecule is CCNC(=O)CN(CC)C(=O)[C@H](N)CC. The molecule has 15 heavy (non-hydrogen) atoms. The molecule has 0 radical (unpaired) electrons. The average molecular weight is 215 g/mol. The van der Waals surface area contributed by atoms with Crippen molar-refractivity contribution in [1.82, 2.24) is 10.2 Å². The molecule has 0 aliphatic heterocycles. The van der Waals surface area contributed by atoms with Crippen molar-refractivity contribution < 1.29 is 9.59 Å². The van der Waals surface area contributed by atoms with Crippen LogP contribution in [0.5, 0.6) is 0 Å². The maximum Gasteiger partial charge on any atom is 0.239 e. The quantitative estimate of drug-likeness (QED) is 0.639. The van der Waals surface area contributed by atoms with E-state index in [1.54, 1.807) is 0 Å². The van der Waals surface area contributed by atoms with Gasteiger partial charge < -0.3 is 16.0 Å².